The highest BCUT2D eigenvalue weighted by atomic mass is 32.1. The molecule has 1 aromatic heterocycles. The Balaban J connectivity index is 1.19. The van der Waals surface area contributed by atoms with E-state index in [1.165, 1.54) is 96.2 Å². The van der Waals surface area contributed by atoms with Gasteiger partial charge in [0.05, 0.1) is 11.2 Å². The highest BCUT2D eigenvalue weighted by Crippen LogP contribution is 2.62. The molecule has 0 saturated heterocycles. The quantitative estimate of drug-likeness (QED) is 0.167. The van der Waals surface area contributed by atoms with Crippen molar-refractivity contribution in [2.45, 2.75) is 50.5 Å². The first-order chi connectivity index (χ1) is 27.0. The Bertz CT molecular complexity index is 2810. The average Bonchev–Trinajstić information content (AvgIpc) is 3.71. The Hall–Kier alpha value is -5.78. The Morgan fingerprint density at radius 2 is 1.24 bits per heavy atom. The van der Waals surface area contributed by atoms with Crippen molar-refractivity contribution in [1.82, 2.24) is 0 Å². The number of nitrogens with zero attached hydrogens (tertiary/aromatic N) is 3. The maximum absolute atomic E-state index is 2.82. The monoisotopic (exact) mass is 725 g/mol. The van der Waals surface area contributed by atoms with Gasteiger partial charge in [-0.3, -0.25) is 0 Å². The van der Waals surface area contributed by atoms with Gasteiger partial charge in [0.15, 0.2) is 0 Å². The Labute approximate surface area is 327 Å². The summed E-state index contributed by atoms with van der Waals surface area (Å²) in [5.41, 5.74) is 15.9. The van der Waals surface area contributed by atoms with Crippen LogP contribution in [0.25, 0.3) is 20.2 Å². The molecule has 4 heterocycles. The van der Waals surface area contributed by atoms with Crippen LogP contribution in [0.2, 0.25) is 0 Å². The fourth-order valence-electron chi connectivity index (χ4n) is 11.1. The van der Waals surface area contributed by atoms with Crippen LogP contribution < -0.4 is 31.1 Å². The standard InChI is InChI=1S/C50H40BN3S/c1-49-30-13-14-31-50(49,2)54-40-22-11-10-21-38(40)51-39-28-26-35(52(33-16-5-3-6-17-33)34-18-7-4-8-19-34)32-43(39)53(42-29-27-37(49)48(54)47(42)51)41-23-15-25-45-46(41)36-20-9-12-24-44(36)55-45/h3-12,15-29,32H,13-14,30-31H2,1-2H3. The third-order valence-electron chi connectivity index (χ3n) is 13.8. The van der Waals surface area contributed by atoms with Crippen LogP contribution in [0, 0.1) is 0 Å². The molecule has 3 aliphatic heterocycles. The zero-order valence-corrected chi connectivity index (χ0v) is 32.0. The maximum Gasteiger partial charge on any atom is 0.252 e. The van der Waals surface area contributed by atoms with Gasteiger partial charge < -0.3 is 14.7 Å². The van der Waals surface area contributed by atoms with Gasteiger partial charge in [0.2, 0.25) is 0 Å². The van der Waals surface area contributed by atoms with Gasteiger partial charge in [-0.05, 0) is 108 Å². The minimum absolute atomic E-state index is 0.00812. The number of fused-ring (bicyclic) bond motifs is 11. The molecule has 0 bridgehead atoms. The van der Waals surface area contributed by atoms with Crippen LogP contribution >= 0.6 is 11.3 Å². The number of para-hydroxylation sites is 3. The van der Waals surface area contributed by atoms with E-state index in [0.717, 1.165) is 17.1 Å². The van der Waals surface area contributed by atoms with E-state index >= 15 is 0 Å². The SMILES string of the molecule is CC12CCCCC1(C)N1c3ccccc3B3c4ccc(N(c5ccccc5)c5ccccc5)cc4N(c4cccc5sc6ccccc6c45)c4ccc2c1c43. The molecule has 2 atom stereocenters. The van der Waals surface area contributed by atoms with Gasteiger partial charge in [-0.15, -0.1) is 11.3 Å². The van der Waals surface area contributed by atoms with Gasteiger partial charge in [-0.25, -0.2) is 0 Å². The summed E-state index contributed by atoms with van der Waals surface area (Å²) in [6, 6.07) is 59.1. The van der Waals surface area contributed by atoms with Crippen molar-refractivity contribution < 1.29 is 0 Å². The summed E-state index contributed by atoms with van der Waals surface area (Å²) in [4.78, 5) is 7.86. The van der Waals surface area contributed by atoms with Crippen molar-refractivity contribution in [3.8, 4) is 0 Å². The van der Waals surface area contributed by atoms with Gasteiger partial charge in [-0.2, -0.15) is 0 Å². The summed E-state index contributed by atoms with van der Waals surface area (Å²) < 4.78 is 2.65. The summed E-state index contributed by atoms with van der Waals surface area (Å²) >= 11 is 1.90. The maximum atomic E-state index is 2.82. The molecule has 12 rings (SSSR count). The van der Waals surface area contributed by atoms with E-state index in [4.69, 9.17) is 0 Å². The normalized spacial score (nSPS) is 20.3. The molecule has 4 aliphatic rings. The van der Waals surface area contributed by atoms with Gasteiger partial charge in [0.25, 0.3) is 6.71 Å². The third-order valence-corrected chi connectivity index (χ3v) is 14.9. The zero-order valence-electron chi connectivity index (χ0n) is 31.2. The van der Waals surface area contributed by atoms with Crippen LogP contribution in [0.5, 0.6) is 0 Å². The van der Waals surface area contributed by atoms with Crippen LogP contribution in [0.1, 0.15) is 45.1 Å². The second-order valence-electron chi connectivity index (χ2n) is 16.4. The molecular weight excluding hydrogens is 685 g/mol. The lowest BCUT2D eigenvalue weighted by molar-refractivity contribution is 0.195. The van der Waals surface area contributed by atoms with Crippen molar-refractivity contribution in [1.29, 1.82) is 0 Å². The van der Waals surface area contributed by atoms with E-state index < -0.39 is 0 Å². The average molecular weight is 726 g/mol. The van der Waals surface area contributed by atoms with E-state index in [0.29, 0.717) is 0 Å². The van der Waals surface area contributed by atoms with Crippen LogP contribution in [0.15, 0.2) is 158 Å². The molecule has 1 saturated carbocycles. The Kier molecular flexibility index (Phi) is 6.53. The lowest BCUT2D eigenvalue weighted by atomic mass is 9.33. The number of hydrogen-bond acceptors (Lipinski definition) is 4. The minimum Gasteiger partial charge on any atom is -0.335 e. The van der Waals surface area contributed by atoms with Gasteiger partial charge in [-0.1, -0.05) is 111 Å². The zero-order chi connectivity index (χ0) is 36.5. The molecule has 3 nitrogen and oxygen atoms in total. The fourth-order valence-corrected chi connectivity index (χ4v) is 12.3. The van der Waals surface area contributed by atoms with E-state index in [1.54, 1.807) is 0 Å². The van der Waals surface area contributed by atoms with Crippen molar-refractivity contribution in [3.63, 3.8) is 0 Å². The van der Waals surface area contributed by atoms with Crippen molar-refractivity contribution in [2.75, 3.05) is 14.7 Å². The van der Waals surface area contributed by atoms with Gasteiger partial charge in [0, 0.05) is 65.4 Å². The van der Waals surface area contributed by atoms with Gasteiger partial charge in [0.1, 0.15) is 0 Å². The number of rotatable bonds is 4. The minimum atomic E-state index is 0.00812. The number of benzene rings is 7. The molecular formula is C50H40BN3S. The molecule has 1 fully saturated rings. The molecule has 5 heteroatoms. The molecule has 1 aliphatic carbocycles. The molecule has 7 aromatic carbocycles. The first-order valence-corrected chi connectivity index (χ1v) is 20.7. The summed E-state index contributed by atoms with van der Waals surface area (Å²) in [6.07, 6.45) is 4.97. The molecule has 8 aromatic rings. The summed E-state index contributed by atoms with van der Waals surface area (Å²) in [6.45, 7) is 5.25. The summed E-state index contributed by atoms with van der Waals surface area (Å²) in [7, 11) is 0. The summed E-state index contributed by atoms with van der Waals surface area (Å²) in [5.74, 6) is 0. The van der Waals surface area contributed by atoms with Crippen molar-refractivity contribution in [2.24, 2.45) is 0 Å². The lowest BCUT2D eigenvalue weighted by Gasteiger charge is -2.52. The van der Waals surface area contributed by atoms with Gasteiger partial charge >= 0.3 is 0 Å². The van der Waals surface area contributed by atoms with Crippen LogP contribution in [0.3, 0.4) is 0 Å². The predicted octanol–water partition coefficient (Wildman–Crippen LogP) is 11.9. The highest BCUT2D eigenvalue weighted by Gasteiger charge is 2.61. The third kappa shape index (κ3) is 4.12. The molecule has 264 valence electrons. The first-order valence-electron chi connectivity index (χ1n) is 19.9. The molecule has 55 heavy (non-hydrogen) atoms. The smallest absolute Gasteiger partial charge is 0.252 e. The Morgan fingerprint density at radius 3 is 2.05 bits per heavy atom. The molecule has 2 unspecified atom stereocenters. The molecule has 0 radical (unpaired) electrons. The second-order valence-corrected chi connectivity index (χ2v) is 17.5. The van der Waals surface area contributed by atoms with Crippen LogP contribution in [0.4, 0.5) is 45.5 Å². The number of thiophene rings is 1. The van der Waals surface area contributed by atoms with Crippen molar-refractivity contribution >= 4 is 100 Å². The second kappa shape index (κ2) is 11.4. The molecule has 0 spiro atoms. The first kappa shape index (κ1) is 31.6. The van der Waals surface area contributed by atoms with E-state index in [9.17, 15) is 0 Å². The van der Waals surface area contributed by atoms with E-state index in [2.05, 4.69) is 186 Å². The van der Waals surface area contributed by atoms with Crippen LogP contribution in [-0.4, -0.2) is 12.3 Å². The lowest BCUT2D eigenvalue weighted by Crippen LogP contribution is -2.64. The highest BCUT2D eigenvalue weighted by molar-refractivity contribution is 7.26. The fraction of sp³-hybridized carbons (Fsp3) is 0.160. The molecule has 0 amide bonds. The number of hydrogen-bond donors (Lipinski definition) is 0. The Morgan fingerprint density at radius 1 is 0.564 bits per heavy atom. The molecule has 0 N–H and O–H groups in total. The topological polar surface area (TPSA) is 9.72 Å². The summed E-state index contributed by atoms with van der Waals surface area (Å²) in [5, 5.41) is 2.65. The van der Waals surface area contributed by atoms with E-state index in [1.807, 2.05) is 11.3 Å². The largest absolute Gasteiger partial charge is 0.335 e. The number of anilines is 8. The predicted molar refractivity (Wildman–Crippen MR) is 236 cm³/mol. The van der Waals surface area contributed by atoms with Crippen LogP contribution in [-0.2, 0) is 5.41 Å². The van der Waals surface area contributed by atoms with Crippen molar-refractivity contribution in [3.05, 3.63) is 163 Å². The van der Waals surface area contributed by atoms with E-state index in [-0.39, 0.29) is 17.7 Å².